The number of thiophene rings is 1. The van der Waals surface area contributed by atoms with Crippen LogP contribution in [0.15, 0.2) is 108 Å². The summed E-state index contributed by atoms with van der Waals surface area (Å²) in [6.07, 6.45) is 0. The van der Waals surface area contributed by atoms with E-state index in [0.29, 0.717) is 0 Å². The molecule has 0 bridgehead atoms. The molecule has 2 aromatic heterocycles. The molecule has 0 spiro atoms. The minimum absolute atomic E-state index is 0.432. The number of hydrogen-bond donors (Lipinski definition) is 0. The topological polar surface area (TPSA) is 31.6 Å². The van der Waals surface area contributed by atoms with Crippen LogP contribution in [0.4, 0.5) is 0 Å². The molecular formula is C36H29BO3S. The fourth-order valence-electron chi connectivity index (χ4n) is 6.11. The Labute approximate surface area is 243 Å². The van der Waals surface area contributed by atoms with Crippen LogP contribution in [0.3, 0.4) is 0 Å². The van der Waals surface area contributed by atoms with E-state index >= 15 is 0 Å². The second-order valence-electron chi connectivity index (χ2n) is 12.0. The third-order valence-corrected chi connectivity index (χ3v) is 10.0. The van der Waals surface area contributed by atoms with Crippen LogP contribution in [0.2, 0.25) is 0 Å². The largest absolute Gasteiger partial charge is 0.494 e. The van der Waals surface area contributed by atoms with Crippen molar-refractivity contribution in [2.24, 2.45) is 0 Å². The predicted molar refractivity (Wildman–Crippen MR) is 173 cm³/mol. The van der Waals surface area contributed by atoms with Gasteiger partial charge in [0.05, 0.1) is 11.2 Å². The van der Waals surface area contributed by atoms with Gasteiger partial charge in [-0.2, -0.15) is 0 Å². The van der Waals surface area contributed by atoms with Gasteiger partial charge in [0.25, 0.3) is 0 Å². The van der Waals surface area contributed by atoms with Crippen LogP contribution in [0, 0.1) is 0 Å². The molecule has 3 nitrogen and oxygen atoms in total. The molecule has 41 heavy (non-hydrogen) atoms. The van der Waals surface area contributed by atoms with Gasteiger partial charge in [-0.15, -0.1) is 11.3 Å². The van der Waals surface area contributed by atoms with E-state index in [9.17, 15) is 0 Å². The van der Waals surface area contributed by atoms with Crippen molar-refractivity contribution in [1.29, 1.82) is 0 Å². The Hall–Kier alpha value is -3.90. The SMILES string of the molecule is CC1(C)OB(c2cc(-c3cccc4oc5ccccc5c34)cc(-c3cccc4sc5ccccc5c34)c2)OC1(C)C. The summed E-state index contributed by atoms with van der Waals surface area (Å²) in [7, 11) is -0.475. The predicted octanol–water partition coefficient (Wildman–Crippen LogP) is 9.59. The van der Waals surface area contributed by atoms with Crippen LogP contribution in [-0.2, 0) is 9.31 Å². The zero-order valence-corrected chi connectivity index (χ0v) is 24.3. The minimum atomic E-state index is -0.475. The molecule has 0 N–H and O–H groups in total. The Morgan fingerprint density at radius 1 is 0.561 bits per heavy atom. The van der Waals surface area contributed by atoms with Gasteiger partial charge in [-0.3, -0.25) is 0 Å². The number of benzene rings is 5. The zero-order valence-electron chi connectivity index (χ0n) is 23.5. The lowest BCUT2D eigenvalue weighted by atomic mass is 9.76. The highest BCUT2D eigenvalue weighted by Crippen LogP contribution is 2.43. The van der Waals surface area contributed by atoms with Gasteiger partial charge in [-0.05, 0) is 85.7 Å². The van der Waals surface area contributed by atoms with Crippen molar-refractivity contribution in [2.45, 2.75) is 38.9 Å². The molecule has 5 heteroatoms. The number of hydrogen-bond acceptors (Lipinski definition) is 4. The van der Waals surface area contributed by atoms with Crippen molar-refractivity contribution in [2.75, 3.05) is 0 Å². The molecule has 8 rings (SSSR count). The van der Waals surface area contributed by atoms with Crippen LogP contribution >= 0.6 is 11.3 Å². The number of para-hydroxylation sites is 1. The summed E-state index contributed by atoms with van der Waals surface area (Å²) in [6, 6.07) is 36.7. The third-order valence-electron chi connectivity index (χ3n) is 8.91. The summed E-state index contributed by atoms with van der Waals surface area (Å²) in [5.41, 5.74) is 6.53. The molecule has 3 heterocycles. The first-order chi connectivity index (χ1) is 19.8. The van der Waals surface area contributed by atoms with Gasteiger partial charge in [-0.1, -0.05) is 72.8 Å². The van der Waals surface area contributed by atoms with Gasteiger partial charge >= 0.3 is 7.12 Å². The summed E-state index contributed by atoms with van der Waals surface area (Å²) < 4.78 is 22.0. The summed E-state index contributed by atoms with van der Waals surface area (Å²) in [5, 5.41) is 4.82. The Balaban J connectivity index is 1.41. The number of furan rings is 1. The molecule has 0 aliphatic carbocycles. The maximum atomic E-state index is 6.58. The maximum absolute atomic E-state index is 6.58. The van der Waals surface area contributed by atoms with Gasteiger partial charge < -0.3 is 13.7 Å². The molecule has 0 radical (unpaired) electrons. The van der Waals surface area contributed by atoms with E-state index < -0.39 is 18.3 Å². The van der Waals surface area contributed by atoms with Gasteiger partial charge in [0, 0.05) is 30.9 Å². The smallest absolute Gasteiger partial charge is 0.456 e. The lowest BCUT2D eigenvalue weighted by Crippen LogP contribution is -2.41. The monoisotopic (exact) mass is 552 g/mol. The Morgan fingerprint density at radius 3 is 1.90 bits per heavy atom. The van der Waals surface area contributed by atoms with Gasteiger partial charge in [-0.25, -0.2) is 0 Å². The molecule has 1 aliphatic heterocycles. The van der Waals surface area contributed by atoms with Gasteiger partial charge in [0.2, 0.25) is 0 Å². The van der Waals surface area contributed by atoms with Gasteiger partial charge in [0.1, 0.15) is 11.2 Å². The first kappa shape index (κ1) is 24.9. The van der Waals surface area contributed by atoms with Crippen LogP contribution in [0.5, 0.6) is 0 Å². The van der Waals surface area contributed by atoms with Crippen LogP contribution in [-0.4, -0.2) is 18.3 Å². The fourth-order valence-corrected chi connectivity index (χ4v) is 7.24. The maximum Gasteiger partial charge on any atom is 0.494 e. The first-order valence-electron chi connectivity index (χ1n) is 14.1. The molecule has 0 atom stereocenters. The van der Waals surface area contributed by atoms with E-state index in [2.05, 4.69) is 119 Å². The minimum Gasteiger partial charge on any atom is -0.456 e. The third kappa shape index (κ3) is 3.80. The van der Waals surface area contributed by atoms with Crippen LogP contribution < -0.4 is 5.46 Å². The average Bonchev–Trinajstić information content (AvgIpc) is 3.61. The highest BCUT2D eigenvalue weighted by Gasteiger charge is 2.51. The van der Waals surface area contributed by atoms with E-state index in [1.165, 1.54) is 25.7 Å². The molecule has 5 aromatic carbocycles. The van der Waals surface area contributed by atoms with Crippen molar-refractivity contribution in [3.8, 4) is 22.3 Å². The van der Waals surface area contributed by atoms with Crippen molar-refractivity contribution in [1.82, 2.24) is 0 Å². The Morgan fingerprint density at radius 2 is 1.15 bits per heavy atom. The van der Waals surface area contributed by atoms with Crippen molar-refractivity contribution < 1.29 is 13.7 Å². The van der Waals surface area contributed by atoms with E-state index in [4.69, 9.17) is 13.7 Å². The molecular weight excluding hydrogens is 523 g/mol. The average molecular weight is 553 g/mol. The van der Waals surface area contributed by atoms with Crippen LogP contribution in [0.1, 0.15) is 27.7 Å². The number of rotatable bonds is 3. The quantitative estimate of drug-likeness (QED) is 0.205. The number of fused-ring (bicyclic) bond motifs is 6. The summed E-state index contributed by atoms with van der Waals surface area (Å²) >= 11 is 1.84. The first-order valence-corrected chi connectivity index (χ1v) is 14.9. The van der Waals surface area contributed by atoms with Crippen molar-refractivity contribution >= 4 is 66.0 Å². The molecule has 0 amide bonds. The normalized spacial score (nSPS) is 16.4. The lowest BCUT2D eigenvalue weighted by Gasteiger charge is -2.32. The summed E-state index contributed by atoms with van der Waals surface area (Å²) in [6.45, 7) is 8.42. The zero-order chi connectivity index (χ0) is 27.9. The standard InChI is InChI=1S/C36H29BO3S/c1-35(2)36(3,4)40-37(39-35)24-20-22(25-13-9-16-30-33(25)27-11-5-7-15-29(27)38-30)19-23(21-24)26-14-10-18-32-34(26)28-12-6-8-17-31(28)41-32/h5-21H,1-4H3. The van der Waals surface area contributed by atoms with E-state index in [-0.39, 0.29) is 0 Å². The molecule has 1 aliphatic rings. The molecule has 1 saturated heterocycles. The van der Waals surface area contributed by atoms with Gasteiger partial charge in [0.15, 0.2) is 0 Å². The highest BCUT2D eigenvalue weighted by atomic mass is 32.1. The van der Waals surface area contributed by atoms with Crippen molar-refractivity contribution in [3.05, 3.63) is 103 Å². The highest BCUT2D eigenvalue weighted by molar-refractivity contribution is 7.25. The molecule has 200 valence electrons. The Kier molecular flexibility index (Phi) is 5.34. The lowest BCUT2D eigenvalue weighted by molar-refractivity contribution is 0.00578. The molecule has 0 saturated carbocycles. The summed E-state index contributed by atoms with van der Waals surface area (Å²) in [4.78, 5) is 0. The summed E-state index contributed by atoms with van der Waals surface area (Å²) in [5.74, 6) is 0. The van der Waals surface area contributed by atoms with E-state index in [1.54, 1.807) is 0 Å². The molecule has 0 unspecified atom stereocenters. The molecule has 1 fully saturated rings. The second-order valence-corrected chi connectivity index (χ2v) is 13.1. The van der Waals surface area contributed by atoms with Crippen molar-refractivity contribution in [3.63, 3.8) is 0 Å². The Bertz CT molecular complexity index is 1990. The second kappa shape index (κ2) is 8.80. The fraction of sp³-hybridized carbons (Fsp3) is 0.167. The molecule has 7 aromatic rings. The van der Waals surface area contributed by atoms with E-state index in [1.807, 2.05) is 23.5 Å². The van der Waals surface area contributed by atoms with E-state index in [0.717, 1.165) is 44.1 Å². The van der Waals surface area contributed by atoms with Crippen LogP contribution in [0.25, 0.3) is 64.4 Å².